The van der Waals surface area contributed by atoms with Crippen LogP contribution in [0.2, 0.25) is 0 Å². The van der Waals surface area contributed by atoms with E-state index in [2.05, 4.69) is 31.3 Å². The fraction of sp³-hybridized carbons (Fsp3) is 0.941. The zero-order chi connectivity index (χ0) is 53.6. The molecule has 0 spiro atoms. The molecule has 0 saturated carbocycles. The van der Waals surface area contributed by atoms with E-state index >= 15 is 0 Å². The number of hydrogen-bond acceptors (Lipinski definition) is 5. The smallest absolute Gasteiger partial charge is 0.305 e. The third kappa shape index (κ3) is 59.8. The molecule has 0 aliphatic heterocycles. The molecule has 0 aliphatic carbocycles. The molecule has 0 bridgehead atoms. The first-order chi connectivity index (χ1) is 36.5. The molecule has 440 valence electrons. The average Bonchev–Trinajstić information content (AvgIpc) is 3.40. The number of aliphatic hydroxyl groups excluding tert-OH is 2. The highest BCUT2D eigenvalue weighted by Crippen LogP contribution is 2.19. The molecule has 0 aliphatic rings. The van der Waals surface area contributed by atoms with E-state index in [9.17, 15) is 19.8 Å². The van der Waals surface area contributed by atoms with E-state index in [0.717, 1.165) is 38.5 Å². The van der Waals surface area contributed by atoms with Crippen molar-refractivity contribution in [1.82, 2.24) is 5.32 Å². The predicted molar refractivity (Wildman–Crippen MR) is 324 cm³/mol. The second kappa shape index (κ2) is 64.1. The van der Waals surface area contributed by atoms with Crippen LogP contribution in [0.4, 0.5) is 0 Å². The number of rotatable bonds is 64. The van der Waals surface area contributed by atoms with Crippen LogP contribution in [0.1, 0.15) is 386 Å². The van der Waals surface area contributed by atoms with Crippen LogP contribution in [0, 0.1) is 0 Å². The Morgan fingerprint density at radius 2 is 0.635 bits per heavy atom. The summed E-state index contributed by atoms with van der Waals surface area (Å²) in [6, 6.07) is -0.546. The first-order valence-corrected chi connectivity index (χ1v) is 33.9. The topological polar surface area (TPSA) is 95.9 Å². The van der Waals surface area contributed by atoms with Gasteiger partial charge in [0.2, 0.25) is 5.91 Å². The molecule has 0 fully saturated rings. The minimum Gasteiger partial charge on any atom is -0.466 e. The van der Waals surface area contributed by atoms with Gasteiger partial charge in [0.25, 0.3) is 0 Å². The number of hydrogen-bond donors (Lipinski definition) is 3. The van der Waals surface area contributed by atoms with Gasteiger partial charge in [-0.2, -0.15) is 0 Å². The van der Waals surface area contributed by atoms with Crippen LogP contribution in [0.15, 0.2) is 12.2 Å². The number of nitrogens with one attached hydrogen (secondary N) is 1. The molecule has 0 heterocycles. The summed E-state index contributed by atoms with van der Waals surface area (Å²) >= 11 is 0. The average molecular weight is 1040 g/mol. The van der Waals surface area contributed by atoms with E-state index in [-0.39, 0.29) is 18.5 Å². The maximum absolute atomic E-state index is 12.5. The molecule has 3 N–H and O–H groups in total. The molecular weight excluding hydrogens is 911 g/mol. The van der Waals surface area contributed by atoms with Crippen LogP contribution in [0.5, 0.6) is 0 Å². The highest BCUT2D eigenvalue weighted by Gasteiger charge is 2.20. The fourth-order valence-electron chi connectivity index (χ4n) is 10.9. The lowest BCUT2D eigenvalue weighted by atomic mass is 10.0. The Labute approximate surface area is 463 Å². The second-order valence-corrected chi connectivity index (χ2v) is 23.5. The second-order valence-electron chi connectivity index (χ2n) is 23.5. The summed E-state index contributed by atoms with van der Waals surface area (Å²) < 4.78 is 5.49. The maximum Gasteiger partial charge on any atom is 0.305 e. The summed E-state index contributed by atoms with van der Waals surface area (Å²) in [5.74, 6) is -0.0217. The SMILES string of the molecule is CCCCCCCCCCCCCCCCCCCCCC(O)C(CO)NC(=O)CCCCCCCCC/C=C\CCCCCCCCCCCCCCOC(=O)CCCCCCCCCCCCCCCCC. The Hall–Kier alpha value is -1.40. The van der Waals surface area contributed by atoms with E-state index in [4.69, 9.17) is 4.74 Å². The third-order valence-corrected chi connectivity index (χ3v) is 16.1. The molecule has 74 heavy (non-hydrogen) atoms. The minimum absolute atomic E-state index is 0.0155. The van der Waals surface area contributed by atoms with E-state index in [1.165, 1.54) is 315 Å². The van der Waals surface area contributed by atoms with Gasteiger partial charge in [0, 0.05) is 12.8 Å². The number of unbranched alkanes of at least 4 members (excludes halogenated alkanes) is 51. The van der Waals surface area contributed by atoms with E-state index < -0.39 is 12.1 Å². The summed E-state index contributed by atoms with van der Waals surface area (Å²) in [4.78, 5) is 24.6. The molecule has 0 rings (SSSR count). The normalized spacial score (nSPS) is 12.5. The predicted octanol–water partition coefficient (Wildman–Crippen LogP) is 21.6. The van der Waals surface area contributed by atoms with Crippen LogP contribution in [0.3, 0.4) is 0 Å². The Kier molecular flexibility index (Phi) is 62.9. The van der Waals surface area contributed by atoms with E-state index in [1.54, 1.807) is 0 Å². The van der Waals surface area contributed by atoms with Crippen molar-refractivity contribution in [3.8, 4) is 0 Å². The number of allylic oxidation sites excluding steroid dienone is 2. The summed E-state index contributed by atoms with van der Waals surface area (Å²) in [5, 5.41) is 23.4. The lowest BCUT2D eigenvalue weighted by Gasteiger charge is -2.22. The van der Waals surface area contributed by atoms with Gasteiger partial charge in [0.05, 0.1) is 25.4 Å². The lowest BCUT2D eigenvalue weighted by Crippen LogP contribution is -2.45. The first-order valence-electron chi connectivity index (χ1n) is 33.9. The first kappa shape index (κ1) is 72.6. The van der Waals surface area contributed by atoms with Gasteiger partial charge in [-0.15, -0.1) is 0 Å². The molecule has 2 unspecified atom stereocenters. The van der Waals surface area contributed by atoms with Crippen molar-refractivity contribution in [1.29, 1.82) is 0 Å². The number of carbonyl (C=O) groups is 2. The highest BCUT2D eigenvalue weighted by atomic mass is 16.5. The van der Waals surface area contributed by atoms with E-state index in [0.29, 0.717) is 25.9 Å². The van der Waals surface area contributed by atoms with Crippen LogP contribution in [-0.2, 0) is 14.3 Å². The van der Waals surface area contributed by atoms with Crippen molar-refractivity contribution in [2.75, 3.05) is 13.2 Å². The van der Waals surface area contributed by atoms with E-state index in [1.807, 2.05) is 0 Å². The van der Waals surface area contributed by atoms with Gasteiger partial charge < -0.3 is 20.3 Å². The van der Waals surface area contributed by atoms with Crippen molar-refractivity contribution in [3.05, 3.63) is 12.2 Å². The Bertz CT molecular complexity index is 1110. The number of ether oxygens (including phenoxy) is 1. The fourth-order valence-corrected chi connectivity index (χ4v) is 10.9. The summed E-state index contributed by atoms with van der Waals surface area (Å²) in [6.45, 7) is 4.99. The molecular formula is C68H133NO5. The van der Waals surface area contributed by atoms with Crippen molar-refractivity contribution in [2.24, 2.45) is 0 Å². The Morgan fingerprint density at radius 3 is 0.959 bits per heavy atom. The summed E-state index contributed by atoms with van der Waals surface area (Å²) in [6.07, 6.45) is 78.1. The molecule has 6 nitrogen and oxygen atoms in total. The zero-order valence-corrected chi connectivity index (χ0v) is 50.4. The molecule has 6 heteroatoms. The summed E-state index contributed by atoms with van der Waals surface area (Å²) in [7, 11) is 0. The van der Waals surface area contributed by atoms with Crippen molar-refractivity contribution >= 4 is 11.9 Å². The number of amides is 1. The molecule has 1 amide bonds. The molecule has 0 aromatic heterocycles. The quantitative estimate of drug-likeness (QED) is 0.0320. The van der Waals surface area contributed by atoms with Crippen molar-refractivity contribution < 1.29 is 24.5 Å². The standard InChI is InChI=1S/C68H133NO5/c1-3-5-7-9-11-13-15-17-19-20-26-29-33-36-40-44-48-52-56-60-66(71)65(64-70)69-67(72)61-57-53-49-45-41-37-34-30-27-24-22-21-23-25-28-31-35-39-43-47-51-55-59-63-74-68(73)62-58-54-50-46-42-38-32-18-16-14-12-10-8-6-4-2/h24,27,65-66,70-71H,3-23,25-26,28-64H2,1-2H3,(H,69,72)/b27-24-. The molecule has 0 aromatic rings. The lowest BCUT2D eigenvalue weighted by molar-refractivity contribution is -0.143. The zero-order valence-electron chi connectivity index (χ0n) is 50.4. The van der Waals surface area contributed by atoms with Crippen LogP contribution >= 0.6 is 0 Å². The number of aliphatic hydroxyl groups is 2. The Balaban J connectivity index is 3.39. The highest BCUT2D eigenvalue weighted by molar-refractivity contribution is 5.76. The van der Waals surface area contributed by atoms with Crippen LogP contribution in [-0.4, -0.2) is 47.4 Å². The largest absolute Gasteiger partial charge is 0.466 e. The maximum atomic E-state index is 12.5. The van der Waals surface area contributed by atoms with Gasteiger partial charge in [0.15, 0.2) is 0 Å². The molecule has 0 saturated heterocycles. The van der Waals surface area contributed by atoms with Gasteiger partial charge in [-0.3, -0.25) is 9.59 Å². The number of esters is 1. The molecule has 0 aromatic carbocycles. The summed E-state index contributed by atoms with van der Waals surface area (Å²) in [5.41, 5.74) is 0. The van der Waals surface area contributed by atoms with Gasteiger partial charge in [0.1, 0.15) is 0 Å². The van der Waals surface area contributed by atoms with Crippen LogP contribution < -0.4 is 5.32 Å². The van der Waals surface area contributed by atoms with Crippen LogP contribution in [0.25, 0.3) is 0 Å². The van der Waals surface area contributed by atoms with Crippen molar-refractivity contribution in [3.63, 3.8) is 0 Å². The molecule has 0 radical (unpaired) electrons. The Morgan fingerprint density at radius 1 is 0.365 bits per heavy atom. The van der Waals surface area contributed by atoms with Gasteiger partial charge >= 0.3 is 5.97 Å². The number of carbonyl (C=O) groups excluding carboxylic acids is 2. The monoisotopic (exact) mass is 1040 g/mol. The van der Waals surface area contributed by atoms with Crippen molar-refractivity contribution in [2.45, 2.75) is 398 Å². The van der Waals surface area contributed by atoms with Gasteiger partial charge in [-0.05, 0) is 51.4 Å². The molecule has 2 atom stereocenters. The third-order valence-electron chi connectivity index (χ3n) is 16.1. The minimum atomic E-state index is -0.668. The van der Waals surface area contributed by atoms with Gasteiger partial charge in [-0.25, -0.2) is 0 Å². The van der Waals surface area contributed by atoms with Gasteiger partial charge in [-0.1, -0.05) is 334 Å².